The van der Waals surface area contributed by atoms with Gasteiger partial charge in [-0.1, -0.05) is 12.1 Å². The first-order chi connectivity index (χ1) is 20.8. The number of hydrogen-bond acceptors (Lipinski definition) is 9. The largest absolute Gasteiger partial charge is 0.497 e. The van der Waals surface area contributed by atoms with Gasteiger partial charge in [-0.15, -0.1) is 0 Å². The molecule has 4 rings (SSSR count). The zero-order chi connectivity index (χ0) is 32.0. The molecule has 2 aromatic carbocycles. The van der Waals surface area contributed by atoms with E-state index in [1.165, 1.54) is 29.2 Å². The Labute approximate surface area is 261 Å². The normalized spacial score (nSPS) is 20.3. The van der Waals surface area contributed by atoms with E-state index in [1.54, 1.807) is 28.7 Å². The lowest BCUT2D eigenvalue weighted by atomic mass is 10.1. The number of nitrogens with zero attached hydrogens (tertiary/aromatic N) is 4. The van der Waals surface area contributed by atoms with Crippen molar-refractivity contribution in [3.05, 3.63) is 69.8 Å². The lowest BCUT2D eigenvalue weighted by Gasteiger charge is -2.41. The Morgan fingerprint density at radius 2 is 1.61 bits per heavy atom. The quantitative estimate of drug-likeness (QED) is 0.290. The van der Waals surface area contributed by atoms with Crippen molar-refractivity contribution in [2.45, 2.75) is 69.4 Å². The van der Waals surface area contributed by atoms with Crippen molar-refractivity contribution in [1.29, 1.82) is 0 Å². The van der Waals surface area contributed by atoms with Crippen LogP contribution in [0.1, 0.15) is 45.2 Å². The number of likely N-dealkylation sites (tertiary alicyclic amines) is 1. The SMILES string of the molecule is COc1ccc(CS[C@H]2C[C@@H](C(=O)N3CCN(C(=O)OC(C)(C)C)CC3C)N(C(=O)OCc3ccc([N+](=O)[O-])cc3)C2)cc1. The van der Waals surface area contributed by atoms with Gasteiger partial charge >= 0.3 is 12.2 Å². The molecule has 3 amide bonds. The van der Waals surface area contributed by atoms with Gasteiger partial charge in [0.1, 0.15) is 24.0 Å². The zero-order valence-electron chi connectivity index (χ0n) is 25.8. The fraction of sp³-hybridized carbons (Fsp3) is 0.516. The van der Waals surface area contributed by atoms with Crippen LogP contribution < -0.4 is 4.74 Å². The van der Waals surface area contributed by atoms with Gasteiger partial charge in [-0.25, -0.2) is 9.59 Å². The van der Waals surface area contributed by atoms with Crippen LogP contribution >= 0.6 is 11.8 Å². The molecule has 2 aromatic rings. The Morgan fingerprint density at radius 1 is 0.955 bits per heavy atom. The number of methoxy groups -OCH3 is 1. The van der Waals surface area contributed by atoms with E-state index < -0.39 is 28.8 Å². The molecule has 13 heteroatoms. The number of amides is 3. The Kier molecular flexibility index (Phi) is 10.6. The number of rotatable bonds is 8. The minimum absolute atomic E-state index is 0.00339. The van der Waals surface area contributed by atoms with Gasteiger partial charge in [0.15, 0.2) is 0 Å². The van der Waals surface area contributed by atoms with Gasteiger partial charge < -0.3 is 24.0 Å². The lowest BCUT2D eigenvalue weighted by molar-refractivity contribution is -0.384. The third-order valence-corrected chi connectivity index (χ3v) is 8.81. The van der Waals surface area contributed by atoms with Crippen molar-refractivity contribution in [2.24, 2.45) is 0 Å². The maximum atomic E-state index is 14.0. The van der Waals surface area contributed by atoms with E-state index in [4.69, 9.17) is 14.2 Å². The van der Waals surface area contributed by atoms with Crippen LogP contribution in [-0.4, -0.2) is 93.9 Å². The first-order valence-corrected chi connectivity index (χ1v) is 15.6. The summed E-state index contributed by atoms with van der Waals surface area (Å²) in [6.45, 7) is 8.56. The van der Waals surface area contributed by atoms with Crippen LogP contribution in [0, 0.1) is 10.1 Å². The first-order valence-electron chi connectivity index (χ1n) is 14.5. The monoisotopic (exact) mass is 628 g/mol. The standard InChI is InChI=1S/C31H40N4O8S/c1-21-17-32(29(37)43-31(2,3)4)14-15-33(21)28(36)27-16-26(44-20-23-8-12-25(41-5)13-9-23)18-34(27)30(38)42-19-22-6-10-24(11-7-22)35(39)40/h6-13,21,26-27H,14-20H2,1-5H3/t21?,26-,27-/m0/s1. The topological polar surface area (TPSA) is 132 Å². The Hall–Kier alpha value is -4.00. The summed E-state index contributed by atoms with van der Waals surface area (Å²) in [5.74, 6) is 1.29. The third-order valence-electron chi connectivity index (χ3n) is 7.50. The highest BCUT2D eigenvalue weighted by molar-refractivity contribution is 7.99. The molecule has 0 aliphatic carbocycles. The van der Waals surface area contributed by atoms with Crippen LogP contribution in [0.3, 0.4) is 0 Å². The van der Waals surface area contributed by atoms with E-state index in [0.717, 1.165) is 11.3 Å². The van der Waals surface area contributed by atoms with E-state index in [0.29, 0.717) is 43.9 Å². The van der Waals surface area contributed by atoms with Gasteiger partial charge in [-0.05, 0) is 69.5 Å². The Morgan fingerprint density at radius 3 is 2.20 bits per heavy atom. The summed E-state index contributed by atoms with van der Waals surface area (Å²) in [5.41, 5.74) is 1.03. The van der Waals surface area contributed by atoms with E-state index in [2.05, 4.69) is 0 Å². The molecule has 2 aliphatic heterocycles. The number of benzene rings is 2. The lowest BCUT2D eigenvalue weighted by Crippen LogP contribution is -2.59. The molecular formula is C31H40N4O8S. The molecule has 0 spiro atoms. The van der Waals surface area contributed by atoms with Gasteiger partial charge in [0, 0.05) is 55.4 Å². The number of carbonyl (C=O) groups is 3. The number of nitro benzene ring substituents is 1. The maximum absolute atomic E-state index is 14.0. The van der Waals surface area contributed by atoms with Gasteiger partial charge in [0.25, 0.3) is 5.69 Å². The van der Waals surface area contributed by atoms with Crippen LogP contribution in [0.2, 0.25) is 0 Å². The summed E-state index contributed by atoms with van der Waals surface area (Å²) in [6, 6.07) is 12.6. The molecule has 2 saturated heterocycles. The van der Waals surface area contributed by atoms with Crippen LogP contribution in [0.5, 0.6) is 5.75 Å². The van der Waals surface area contributed by atoms with Gasteiger partial charge in [0.05, 0.1) is 12.0 Å². The maximum Gasteiger partial charge on any atom is 0.410 e. The Bertz CT molecular complexity index is 1330. The summed E-state index contributed by atoms with van der Waals surface area (Å²) in [5, 5.41) is 11.0. The molecule has 0 aromatic heterocycles. The van der Waals surface area contributed by atoms with Crippen molar-refractivity contribution in [1.82, 2.24) is 14.7 Å². The second kappa shape index (κ2) is 14.2. The van der Waals surface area contributed by atoms with Crippen molar-refractivity contribution >= 4 is 35.5 Å². The molecule has 1 unspecified atom stereocenters. The number of non-ortho nitro benzene ring substituents is 1. The molecule has 0 saturated carbocycles. The molecule has 0 radical (unpaired) electrons. The van der Waals surface area contributed by atoms with Crippen LogP contribution in [0.15, 0.2) is 48.5 Å². The summed E-state index contributed by atoms with van der Waals surface area (Å²) in [6.07, 6.45) is -0.566. The fourth-order valence-corrected chi connectivity index (χ4v) is 6.41. The number of carbonyl (C=O) groups excluding carboxylic acids is 3. The van der Waals surface area contributed by atoms with Crippen molar-refractivity contribution in [3.63, 3.8) is 0 Å². The molecule has 2 fully saturated rings. The predicted octanol–water partition coefficient (Wildman–Crippen LogP) is 5.08. The summed E-state index contributed by atoms with van der Waals surface area (Å²) in [4.78, 5) is 55.3. The van der Waals surface area contributed by atoms with Gasteiger partial charge in [-0.2, -0.15) is 11.8 Å². The van der Waals surface area contributed by atoms with Crippen molar-refractivity contribution in [3.8, 4) is 5.75 Å². The average Bonchev–Trinajstić information content (AvgIpc) is 3.42. The summed E-state index contributed by atoms with van der Waals surface area (Å²) >= 11 is 1.67. The zero-order valence-corrected chi connectivity index (χ0v) is 26.6. The third kappa shape index (κ3) is 8.55. The fourth-order valence-electron chi connectivity index (χ4n) is 5.20. The van der Waals surface area contributed by atoms with Gasteiger partial charge in [0.2, 0.25) is 5.91 Å². The second-order valence-electron chi connectivity index (χ2n) is 12.0. The predicted molar refractivity (Wildman–Crippen MR) is 165 cm³/mol. The smallest absolute Gasteiger partial charge is 0.410 e. The van der Waals surface area contributed by atoms with Crippen LogP contribution in [-0.2, 0) is 26.6 Å². The number of thioether (sulfide) groups is 1. The average molecular weight is 629 g/mol. The van der Waals surface area contributed by atoms with Crippen molar-refractivity contribution < 1.29 is 33.5 Å². The minimum atomic E-state index is -0.719. The van der Waals surface area contributed by atoms with Crippen LogP contribution in [0.4, 0.5) is 15.3 Å². The molecule has 2 aliphatic rings. The number of nitro groups is 1. The molecule has 12 nitrogen and oxygen atoms in total. The van der Waals surface area contributed by atoms with E-state index in [9.17, 15) is 24.5 Å². The number of piperazine rings is 1. The summed E-state index contributed by atoms with van der Waals surface area (Å²) in [7, 11) is 1.62. The Balaban J connectivity index is 1.43. The molecule has 238 valence electrons. The van der Waals surface area contributed by atoms with E-state index in [-0.39, 0.29) is 29.5 Å². The molecule has 44 heavy (non-hydrogen) atoms. The molecule has 3 atom stereocenters. The molecular weight excluding hydrogens is 588 g/mol. The van der Waals surface area contributed by atoms with Crippen LogP contribution in [0.25, 0.3) is 0 Å². The minimum Gasteiger partial charge on any atom is -0.497 e. The summed E-state index contributed by atoms with van der Waals surface area (Å²) < 4.78 is 16.3. The molecule has 0 bridgehead atoms. The number of ether oxygens (including phenoxy) is 3. The molecule has 0 N–H and O–H groups in total. The number of hydrogen-bond donors (Lipinski definition) is 0. The molecule has 2 heterocycles. The van der Waals surface area contributed by atoms with E-state index >= 15 is 0 Å². The van der Waals surface area contributed by atoms with Gasteiger partial charge in [-0.3, -0.25) is 19.8 Å². The van der Waals surface area contributed by atoms with E-state index in [1.807, 2.05) is 52.0 Å². The van der Waals surface area contributed by atoms with Crippen molar-refractivity contribution in [2.75, 3.05) is 33.3 Å². The highest BCUT2D eigenvalue weighted by atomic mass is 32.2. The second-order valence-corrected chi connectivity index (χ2v) is 13.3. The highest BCUT2D eigenvalue weighted by Gasteiger charge is 2.44. The highest BCUT2D eigenvalue weighted by Crippen LogP contribution is 2.33. The first kappa shape index (κ1) is 32.9.